The van der Waals surface area contributed by atoms with Gasteiger partial charge in [-0.1, -0.05) is 23.2 Å². The lowest BCUT2D eigenvalue weighted by molar-refractivity contribution is 0.601. The number of nitrogens with two attached hydrogens (primary N) is 1. The number of aryl methyl sites for hydroxylation is 1. The molecule has 0 spiro atoms. The van der Waals surface area contributed by atoms with Gasteiger partial charge in [0.15, 0.2) is 5.13 Å². The molecule has 0 saturated carbocycles. The van der Waals surface area contributed by atoms with Crippen LogP contribution in [0, 0.1) is 6.92 Å². The number of hydrogen-bond donors (Lipinski definition) is 2. The number of nitrogen functional groups attached to an aromatic ring is 1. The van der Waals surface area contributed by atoms with Gasteiger partial charge in [0.05, 0.1) is 15.7 Å². The zero-order valence-electron chi connectivity index (χ0n) is 9.65. The molecule has 0 unspecified atom stereocenters. The van der Waals surface area contributed by atoms with Crippen LogP contribution in [-0.2, 0) is 10.0 Å². The summed E-state index contributed by atoms with van der Waals surface area (Å²) in [4.78, 5) is 3.81. The van der Waals surface area contributed by atoms with Gasteiger partial charge in [0, 0.05) is 11.1 Å². The minimum atomic E-state index is -3.90. The molecule has 1 heterocycles. The molecule has 0 fully saturated rings. The van der Waals surface area contributed by atoms with Crippen molar-refractivity contribution in [3.8, 4) is 0 Å². The van der Waals surface area contributed by atoms with Crippen LogP contribution in [0.3, 0.4) is 0 Å². The van der Waals surface area contributed by atoms with E-state index in [1.165, 1.54) is 23.5 Å². The van der Waals surface area contributed by atoms with Crippen molar-refractivity contribution in [3.63, 3.8) is 0 Å². The third kappa shape index (κ3) is 3.11. The van der Waals surface area contributed by atoms with Crippen LogP contribution in [0.4, 0.5) is 10.8 Å². The molecule has 1 aromatic carbocycles. The zero-order chi connectivity index (χ0) is 14.2. The van der Waals surface area contributed by atoms with Crippen molar-refractivity contribution in [2.75, 3.05) is 10.5 Å². The predicted molar refractivity (Wildman–Crippen MR) is 78.5 cm³/mol. The van der Waals surface area contributed by atoms with E-state index in [4.69, 9.17) is 28.9 Å². The molecule has 1 aromatic heterocycles. The summed E-state index contributed by atoms with van der Waals surface area (Å²) in [6.07, 6.45) is 0. The van der Waals surface area contributed by atoms with E-state index in [1.54, 1.807) is 12.3 Å². The fraction of sp³-hybridized carbons (Fsp3) is 0.100. The van der Waals surface area contributed by atoms with Crippen LogP contribution in [0.5, 0.6) is 0 Å². The number of aromatic nitrogens is 1. The normalized spacial score (nSPS) is 11.5. The van der Waals surface area contributed by atoms with Gasteiger partial charge in [0.1, 0.15) is 4.90 Å². The van der Waals surface area contributed by atoms with E-state index in [0.29, 0.717) is 5.69 Å². The molecule has 102 valence electrons. The first-order valence-corrected chi connectivity index (χ1v) is 8.11. The van der Waals surface area contributed by atoms with E-state index in [1.807, 2.05) is 0 Å². The highest BCUT2D eigenvalue weighted by Crippen LogP contribution is 2.33. The lowest BCUT2D eigenvalue weighted by Gasteiger charge is -2.09. The Bertz CT molecular complexity index is 705. The summed E-state index contributed by atoms with van der Waals surface area (Å²) in [7, 11) is -3.90. The average Bonchev–Trinajstić information content (AvgIpc) is 2.60. The van der Waals surface area contributed by atoms with E-state index < -0.39 is 10.0 Å². The standard InChI is InChI=1S/C10H9Cl2N3O2S2/c1-5-4-18-10(14-5)15-19(16,17)9-7(11)2-6(13)3-8(9)12/h2-4H,13H2,1H3,(H,14,15). The SMILES string of the molecule is Cc1csc(NS(=O)(=O)c2c(Cl)cc(N)cc2Cl)n1. The topological polar surface area (TPSA) is 85.1 Å². The average molecular weight is 338 g/mol. The van der Waals surface area contributed by atoms with Crippen molar-refractivity contribution in [1.82, 2.24) is 4.98 Å². The fourth-order valence-corrected chi connectivity index (χ4v) is 4.58. The van der Waals surface area contributed by atoms with Gasteiger partial charge in [-0.05, 0) is 19.1 Å². The largest absolute Gasteiger partial charge is 0.399 e. The van der Waals surface area contributed by atoms with Crippen molar-refractivity contribution in [2.45, 2.75) is 11.8 Å². The lowest BCUT2D eigenvalue weighted by atomic mass is 10.3. The van der Waals surface area contributed by atoms with Crippen LogP contribution < -0.4 is 10.5 Å². The van der Waals surface area contributed by atoms with E-state index in [2.05, 4.69) is 9.71 Å². The smallest absolute Gasteiger partial charge is 0.266 e. The summed E-state index contributed by atoms with van der Waals surface area (Å²) >= 11 is 13.0. The highest BCUT2D eigenvalue weighted by atomic mass is 35.5. The Morgan fingerprint density at radius 3 is 2.37 bits per heavy atom. The van der Waals surface area contributed by atoms with Crippen molar-refractivity contribution in [3.05, 3.63) is 33.3 Å². The molecule has 0 saturated heterocycles. The first-order chi connectivity index (χ1) is 8.79. The first kappa shape index (κ1) is 14.4. The lowest BCUT2D eigenvalue weighted by Crippen LogP contribution is -2.14. The maximum Gasteiger partial charge on any atom is 0.266 e. The minimum Gasteiger partial charge on any atom is -0.399 e. The maximum atomic E-state index is 12.2. The number of hydrogen-bond acceptors (Lipinski definition) is 5. The van der Waals surface area contributed by atoms with E-state index in [0.717, 1.165) is 5.69 Å². The summed E-state index contributed by atoms with van der Waals surface area (Å²) in [5, 5.41) is 1.90. The van der Waals surface area contributed by atoms with Gasteiger partial charge in [0.25, 0.3) is 10.0 Å². The molecule has 0 aliphatic heterocycles. The Kier molecular flexibility index (Phi) is 3.91. The number of benzene rings is 1. The van der Waals surface area contributed by atoms with E-state index in [-0.39, 0.29) is 20.1 Å². The first-order valence-electron chi connectivity index (χ1n) is 4.99. The van der Waals surface area contributed by atoms with Crippen molar-refractivity contribution < 1.29 is 8.42 Å². The predicted octanol–water partition coefficient (Wildman–Crippen LogP) is 3.14. The Morgan fingerprint density at radius 1 is 1.32 bits per heavy atom. The molecular weight excluding hydrogens is 329 g/mol. The molecule has 9 heteroatoms. The van der Waals surface area contributed by atoms with E-state index in [9.17, 15) is 8.42 Å². The molecule has 0 atom stereocenters. The number of halogens is 2. The Labute approximate surface area is 124 Å². The van der Waals surface area contributed by atoms with Gasteiger partial charge in [-0.15, -0.1) is 11.3 Å². The molecule has 0 aliphatic carbocycles. The number of anilines is 2. The summed E-state index contributed by atoms with van der Waals surface area (Å²) in [5.41, 5.74) is 6.54. The van der Waals surface area contributed by atoms with Crippen LogP contribution in [0.1, 0.15) is 5.69 Å². The molecule has 5 nitrogen and oxygen atoms in total. The van der Waals surface area contributed by atoms with Crippen LogP contribution in [0.25, 0.3) is 0 Å². The van der Waals surface area contributed by atoms with Crippen LogP contribution in [0.15, 0.2) is 22.4 Å². The third-order valence-corrected chi connectivity index (χ3v) is 5.39. The van der Waals surface area contributed by atoms with Gasteiger partial charge in [-0.3, -0.25) is 4.72 Å². The summed E-state index contributed by atoms with van der Waals surface area (Å²) < 4.78 is 26.7. The molecule has 0 amide bonds. The number of nitrogens with one attached hydrogen (secondary N) is 1. The number of sulfonamides is 1. The van der Waals surface area contributed by atoms with Crippen molar-refractivity contribution in [1.29, 1.82) is 0 Å². The monoisotopic (exact) mass is 337 g/mol. The highest BCUT2D eigenvalue weighted by Gasteiger charge is 2.23. The molecule has 2 rings (SSSR count). The molecule has 0 aliphatic rings. The Hall–Kier alpha value is -1.02. The molecular formula is C10H9Cl2N3O2S2. The van der Waals surface area contributed by atoms with Crippen LogP contribution >= 0.6 is 34.5 Å². The molecule has 3 N–H and O–H groups in total. The number of nitrogens with zero attached hydrogens (tertiary/aromatic N) is 1. The van der Waals surface area contributed by atoms with Gasteiger partial charge < -0.3 is 5.73 Å². The second-order valence-corrected chi connectivity index (χ2v) is 7.00. The maximum absolute atomic E-state index is 12.2. The quantitative estimate of drug-likeness (QED) is 0.842. The summed E-state index contributed by atoms with van der Waals surface area (Å²) in [5.74, 6) is 0. The fourth-order valence-electron chi connectivity index (χ4n) is 1.40. The summed E-state index contributed by atoms with van der Waals surface area (Å²) in [6, 6.07) is 2.66. The van der Waals surface area contributed by atoms with Crippen LogP contribution in [0.2, 0.25) is 10.0 Å². The third-order valence-electron chi connectivity index (χ3n) is 2.13. The number of rotatable bonds is 3. The van der Waals surface area contributed by atoms with Gasteiger partial charge in [-0.2, -0.15) is 0 Å². The summed E-state index contributed by atoms with van der Waals surface area (Å²) in [6.45, 7) is 1.76. The molecule has 19 heavy (non-hydrogen) atoms. The minimum absolute atomic E-state index is 0.0363. The molecule has 2 aromatic rings. The zero-order valence-corrected chi connectivity index (χ0v) is 12.8. The molecule has 0 radical (unpaired) electrons. The van der Waals surface area contributed by atoms with Crippen molar-refractivity contribution >= 4 is 55.4 Å². The molecule has 0 bridgehead atoms. The van der Waals surface area contributed by atoms with Gasteiger partial charge in [-0.25, -0.2) is 13.4 Å². The number of thiazole rings is 1. The highest BCUT2D eigenvalue weighted by molar-refractivity contribution is 7.93. The Morgan fingerprint density at radius 2 is 1.89 bits per heavy atom. The van der Waals surface area contributed by atoms with E-state index >= 15 is 0 Å². The Balaban J connectivity index is 2.45. The van der Waals surface area contributed by atoms with Gasteiger partial charge in [0.2, 0.25) is 0 Å². The second kappa shape index (κ2) is 5.16. The van der Waals surface area contributed by atoms with Crippen molar-refractivity contribution in [2.24, 2.45) is 0 Å². The van der Waals surface area contributed by atoms with Crippen LogP contribution in [-0.4, -0.2) is 13.4 Å². The van der Waals surface area contributed by atoms with Gasteiger partial charge >= 0.3 is 0 Å². The second-order valence-electron chi connectivity index (χ2n) is 3.71.